The van der Waals surface area contributed by atoms with Crippen LogP contribution in [0.5, 0.6) is 0 Å². The molecule has 1 saturated carbocycles. The number of carbonyl (C=O) groups excluding carboxylic acids is 1. The summed E-state index contributed by atoms with van der Waals surface area (Å²) in [4.78, 5) is 17.5. The van der Waals surface area contributed by atoms with Crippen LogP contribution in [-0.4, -0.2) is 50.5 Å². The first-order valence-corrected chi connectivity index (χ1v) is 8.17. The monoisotopic (exact) mass is 436 g/mol. The van der Waals surface area contributed by atoms with Crippen molar-refractivity contribution in [1.29, 1.82) is 0 Å². The van der Waals surface area contributed by atoms with E-state index in [-0.39, 0.29) is 36.4 Å². The second kappa shape index (κ2) is 10.9. The molecule has 0 radical (unpaired) electrons. The number of carbonyl (C=O) groups is 1. The topological polar surface area (TPSA) is 56.7 Å². The number of guanidine groups is 1. The van der Waals surface area contributed by atoms with Crippen LogP contribution in [0.15, 0.2) is 17.6 Å². The summed E-state index contributed by atoms with van der Waals surface area (Å²) in [7, 11) is 3.48. The molecular weight excluding hydrogens is 403 g/mol. The maximum atomic E-state index is 11.6. The van der Waals surface area contributed by atoms with E-state index in [4.69, 9.17) is 0 Å². The molecule has 0 aromatic rings. The van der Waals surface area contributed by atoms with Crippen LogP contribution in [0, 0.1) is 11.3 Å². The lowest BCUT2D eigenvalue weighted by atomic mass is 9.73. The van der Waals surface area contributed by atoms with E-state index in [1.54, 1.807) is 25.1 Å². The molecule has 6 heteroatoms. The van der Waals surface area contributed by atoms with Crippen LogP contribution in [0.25, 0.3) is 0 Å². The Morgan fingerprint density at radius 3 is 2.43 bits per heavy atom. The van der Waals surface area contributed by atoms with Gasteiger partial charge >= 0.3 is 0 Å². The minimum Gasteiger partial charge on any atom is -0.356 e. The van der Waals surface area contributed by atoms with E-state index in [1.165, 1.54) is 25.7 Å². The largest absolute Gasteiger partial charge is 0.356 e. The maximum absolute atomic E-state index is 11.6. The van der Waals surface area contributed by atoms with Gasteiger partial charge in [-0.15, -0.1) is 30.6 Å². The molecule has 1 aliphatic carbocycles. The van der Waals surface area contributed by atoms with Crippen molar-refractivity contribution in [3.8, 4) is 0 Å². The van der Waals surface area contributed by atoms with Gasteiger partial charge in [-0.25, -0.2) is 4.99 Å². The predicted molar refractivity (Wildman–Crippen MR) is 108 cm³/mol. The first-order valence-electron chi connectivity index (χ1n) is 8.17. The number of amides is 1. The Kier molecular flexibility index (Phi) is 10.5. The van der Waals surface area contributed by atoms with Crippen LogP contribution in [0.1, 0.15) is 39.5 Å². The SMILES string of the molecule is C=CCNC(=NCC(=O)N(C)C)NCC1CCC(C)(C)CC1.I. The minimum absolute atomic E-state index is 0. The minimum atomic E-state index is -0.000816. The number of halogens is 1. The van der Waals surface area contributed by atoms with Gasteiger partial charge in [-0.3, -0.25) is 4.79 Å². The Morgan fingerprint density at radius 2 is 1.91 bits per heavy atom. The van der Waals surface area contributed by atoms with Crippen molar-refractivity contribution in [2.75, 3.05) is 33.7 Å². The summed E-state index contributed by atoms with van der Waals surface area (Å²) in [5.41, 5.74) is 0.493. The van der Waals surface area contributed by atoms with Gasteiger partial charge in [-0.2, -0.15) is 0 Å². The normalized spacial score (nSPS) is 17.8. The van der Waals surface area contributed by atoms with E-state index in [9.17, 15) is 4.79 Å². The average Bonchev–Trinajstić information content (AvgIpc) is 2.47. The van der Waals surface area contributed by atoms with Crippen molar-refractivity contribution < 1.29 is 4.79 Å². The molecule has 1 aliphatic rings. The number of nitrogens with one attached hydrogen (secondary N) is 2. The Balaban J connectivity index is 0.00000484. The highest BCUT2D eigenvalue weighted by atomic mass is 127. The molecule has 0 atom stereocenters. The molecule has 0 saturated heterocycles. The number of likely N-dealkylation sites (N-methyl/N-ethyl adjacent to an activating group) is 1. The van der Waals surface area contributed by atoms with Crippen LogP contribution in [-0.2, 0) is 4.79 Å². The Bertz CT molecular complexity index is 397. The molecule has 0 bridgehead atoms. The second-order valence-electron chi connectivity index (χ2n) is 7.11. The van der Waals surface area contributed by atoms with E-state index in [0.29, 0.717) is 23.8 Å². The van der Waals surface area contributed by atoms with Crippen LogP contribution < -0.4 is 10.6 Å². The van der Waals surface area contributed by atoms with Crippen molar-refractivity contribution in [2.45, 2.75) is 39.5 Å². The van der Waals surface area contributed by atoms with Crippen LogP contribution >= 0.6 is 24.0 Å². The van der Waals surface area contributed by atoms with Gasteiger partial charge in [0.2, 0.25) is 5.91 Å². The number of nitrogens with zero attached hydrogens (tertiary/aromatic N) is 2. The lowest BCUT2D eigenvalue weighted by molar-refractivity contribution is -0.127. The summed E-state index contributed by atoms with van der Waals surface area (Å²) >= 11 is 0. The molecule has 1 fully saturated rings. The fourth-order valence-corrected chi connectivity index (χ4v) is 2.54. The highest BCUT2D eigenvalue weighted by molar-refractivity contribution is 14.0. The van der Waals surface area contributed by atoms with Gasteiger partial charge in [0.25, 0.3) is 0 Å². The van der Waals surface area contributed by atoms with Gasteiger partial charge in [0.1, 0.15) is 6.54 Å². The molecule has 1 rings (SSSR count). The zero-order valence-corrected chi connectivity index (χ0v) is 17.4. The highest BCUT2D eigenvalue weighted by Crippen LogP contribution is 2.37. The molecule has 1 amide bonds. The summed E-state index contributed by atoms with van der Waals surface area (Å²) in [6.07, 6.45) is 6.86. The molecule has 134 valence electrons. The van der Waals surface area contributed by atoms with Crippen molar-refractivity contribution >= 4 is 35.8 Å². The summed E-state index contributed by atoms with van der Waals surface area (Å²) in [6.45, 7) is 10.1. The summed E-state index contributed by atoms with van der Waals surface area (Å²) in [5.74, 6) is 1.38. The molecule has 0 aromatic carbocycles. The standard InChI is InChI=1S/C17H32N4O.HI/c1-6-11-18-16(20-13-15(22)21(4)5)19-12-14-7-9-17(2,3)10-8-14;/h6,14H,1,7-13H2,2-5H3,(H2,18,19,20);1H. The molecule has 0 spiro atoms. The fourth-order valence-electron chi connectivity index (χ4n) is 2.54. The zero-order valence-electron chi connectivity index (χ0n) is 15.0. The highest BCUT2D eigenvalue weighted by Gasteiger charge is 2.26. The lowest BCUT2D eigenvalue weighted by Crippen LogP contribution is -2.41. The lowest BCUT2D eigenvalue weighted by Gasteiger charge is -2.34. The van der Waals surface area contributed by atoms with Crippen LogP contribution in [0.3, 0.4) is 0 Å². The Hall–Kier alpha value is -0.790. The van der Waals surface area contributed by atoms with E-state index >= 15 is 0 Å². The molecular formula is C17H33IN4O. The third-order valence-electron chi connectivity index (χ3n) is 4.30. The fraction of sp³-hybridized carbons (Fsp3) is 0.765. The Labute approximate surface area is 158 Å². The van der Waals surface area contributed by atoms with Gasteiger partial charge in [0, 0.05) is 27.2 Å². The van der Waals surface area contributed by atoms with E-state index in [1.807, 2.05) is 0 Å². The van der Waals surface area contributed by atoms with Crippen molar-refractivity contribution in [2.24, 2.45) is 16.3 Å². The molecule has 2 N–H and O–H groups in total. The molecule has 5 nitrogen and oxygen atoms in total. The first kappa shape index (κ1) is 22.2. The van der Waals surface area contributed by atoms with Crippen molar-refractivity contribution in [3.63, 3.8) is 0 Å². The van der Waals surface area contributed by atoms with Crippen LogP contribution in [0.4, 0.5) is 0 Å². The summed E-state index contributed by atoms with van der Waals surface area (Å²) in [6, 6.07) is 0. The van der Waals surface area contributed by atoms with Gasteiger partial charge in [-0.05, 0) is 37.0 Å². The number of rotatable bonds is 6. The Morgan fingerprint density at radius 1 is 1.30 bits per heavy atom. The van der Waals surface area contributed by atoms with Gasteiger partial charge in [0.15, 0.2) is 5.96 Å². The number of aliphatic imine (C=N–C) groups is 1. The number of hydrogen-bond donors (Lipinski definition) is 2. The molecule has 0 aromatic heterocycles. The van der Waals surface area contributed by atoms with Gasteiger partial charge in [-0.1, -0.05) is 19.9 Å². The average molecular weight is 436 g/mol. The molecule has 0 unspecified atom stereocenters. The number of hydrogen-bond acceptors (Lipinski definition) is 2. The van der Waals surface area contributed by atoms with E-state index in [0.717, 1.165) is 6.54 Å². The maximum Gasteiger partial charge on any atom is 0.243 e. The first-order chi connectivity index (χ1) is 10.3. The van der Waals surface area contributed by atoms with Crippen LogP contribution in [0.2, 0.25) is 0 Å². The third kappa shape index (κ3) is 9.17. The van der Waals surface area contributed by atoms with E-state index in [2.05, 4.69) is 36.1 Å². The van der Waals surface area contributed by atoms with Gasteiger partial charge in [0.05, 0.1) is 0 Å². The third-order valence-corrected chi connectivity index (χ3v) is 4.30. The molecule has 23 heavy (non-hydrogen) atoms. The van der Waals surface area contributed by atoms with Crippen molar-refractivity contribution in [1.82, 2.24) is 15.5 Å². The molecule has 0 heterocycles. The predicted octanol–water partition coefficient (Wildman–Crippen LogP) is 2.63. The van der Waals surface area contributed by atoms with E-state index < -0.39 is 0 Å². The van der Waals surface area contributed by atoms with Gasteiger partial charge < -0.3 is 15.5 Å². The summed E-state index contributed by atoms with van der Waals surface area (Å²) < 4.78 is 0. The zero-order chi connectivity index (χ0) is 16.6. The quantitative estimate of drug-likeness (QED) is 0.291. The summed E-state index contributed by atoms with van der Waals surface area (Å²) in [5, 5.41) is 6.54. The second-order valence-corrected chi connectivity index (χ2v) is 7.11. The molecule has 0 aliphatic heterocycles. The smallest absolute Gasteiger partial charge is 0.243 e. The van der Waals surface area contributed by atoms with Crippen molar-refractivity contribution in [3.05, 3.63) is 12.7 Å².